The van der Waals surface area contributed by atoms with Gasteiger partial charge in [0.2, 0.25) is 0 Å². The molecule has 2 heteroatoms. The van der Waals surface area contributed by atoms with Crippen molar-refractivity contribution in [2.75, 3.05) is 0 Å². The Morgan fingerprint density at radius 2 is 1.25 bits per heavy atom. The Balaban J connectivity index is 3.46. The predicted octanol–water partition coefficient (Wildman–Crippen LogP) is 1.49. The van der Waals surface area contributed by atoms with E-state index in [0.29, 0.717) is 0 Å². The van der Waals surface area contributed by atoms with Crippen LogP contribution in [0.3, 0.4) is 0 Å². The lowest BCUT2D eigenvalue weighted by molar-refractivity contribution is 0.931. The summed E-state index contributed by atoms with van der Waals surface area (Å²) in [6.45, 7) is 8.88. The molecule has 0 bridgehead atoms. The van der Waals surface area contributed by atoms with E-state index in [0.717, 1.165) is 11.1 Å². The van der Waals surface area contributed by atoms with Gasteiger partial charge in [0, 0.05) is 0 Å². The fraction of sp³-hybridized carbons (Fsp3) is 1.00. The topological polar surface area (TPSA) is 26.0 Å². The van der Waals surface area contributed by atoms with Gasteiger partial charge in [0.05, 0.1) is 0 Å². The second kappa shape index (κ2) is 3.25. The average molecular weight is 131 g/mol. The first-order valence-corrected chi connectivity index (χ1v) is 5.31. The fourth-order valence-electron chi connectivity index (χ4n) is 0.770. The van der Waals surface area contributed by atoms with Crippen LogP contribution in [0, 0.1) is 0 Å². The van der Waals surface area contributed by atoms with E-state index in [9.17, 15) is 0 Å². The van der Waals surface area contributed by atoms with Gasteiger partial charge in [-0.15, -0.1) is 0 Å². The summed E-state index contributed by atoms with van der Waals surface area (Å²) >= 11 is 0. The first kappa shape index (κ1) is 8.18. The van der Waals surface area contributed by atoms with Crippen molar-refractivity contribution >= 4 is 8.96 Å². The zero-order chi connectivity index (χ0) is 6.73. The van der Waals surface area contributed by atoms with Gasteiger partial charge in [-0.25, -0.2) is 0 Å². The van der Waals surface area contributed by atoms with Gasteiger partial charge in [-0.1, -0.05) is 27.7 Å². The summed E-state index contributed by atoms with van der Waals surface area (Å²) in [6, 6.07) is 0. The maximum absolute atomic E-state index is 5.90. The smallest absolute Gasteiger partial charge is 0.111 e. The van der Waals surface area contributed by atoms with Gasteiger partial charge in [-0.2, -0.15) is 0 Å². The molecule has 0 amide bonds. The summed E-state index contributed by atoms with van der Waals surface area (Å²) in [4.78, 5) is 0. The minimum Gasteiger partial charge on any atom is -0.353 e. The van der Waals surface area contributed by atoms with Gasteiger partial charge in [0.1, 0.15) is 8.96 Å². The minimum absolute atomic E-state index is 0.759. The summed E-state index contributed by atoms with van der Waals surface area (Å²) in [6.07, 6.45) is 0. The Labute approximate surface area is 54.0 Å². The zero-order valence-electron chi connectivity index (χ0n) is 6.31. The quantitative estimate of drug-likeness (QED) is 0.565. The molecular formula is C6H17NSi. The Kier molecular flexibility index (Phi) is 3.32. The van der Waals surface area contributed by atoms with Crippen LogP contribution >= 0.6 is 0 Å². The van der Waals surface area contributed by atoms with E-state index in [1.54, 1.807) is 0 Å². The molecule has 0 rings (SSSR count). The molecule has 0 atom stereocenters. The maximum atomic E-state index is 5.90. The van der Waals surface area contributed by atoms with Crippen LogP contribution in [-0.4, -0.2) is 8.96 Å². The van der Waals surface area contributed by atoms with Gasteiger partial charge in [0.15, 0.2) is 0 Å². The molecule has 0 aromatic heterocycles. The predicted molar refractivity (Wildman–Crippen MR) is 41.5 cm³/mol. The highest BCUT2D eigenvalue weighted by Crippen LogP contribution is 2.14. The first-order valence-electron chi connectivity index (χ1n) is 3.31. The third kappa shape index (κ3) is 2.48. The van der Waals surface area contributed by atoms with Crippen molar-refractivity contribution in [1.29, 1.82) is 0 Å². The molecule has 1 nitrogen and oxygen atoms in total. The van der Waals surface area contributed by atoms with Crippen molar-refractivity contribution in [1.82, 2.24) is 0 Å². The van der Waals surface area contributed by atoms with Crippen LogP contribution in [0.5, 0.6) is 0 Å². The summed E-state index contributed by atoms with van der Waals surface area (Å²) < 4.78 is 0. The van der Waals surface area contributed by atoms with Crippen LogP contribution in [0.4, 0.5) is 0 Å². The molecule has 0 aliphatic rings. The largest absolute Gasteiger partial charge is 0.353 e. The number of rotatable bonds is 2. The van der Waals surface area contributed by atoms with Crippen LogP contribution in [0.25, 0.3) is 0 Å². The highest BCUT2D eigenvalue weighted by atomic mass is 28.3. The number of hydrogen-bond donors (Lipinski definition) is 1. The van der Waals surface area contributed by atoms with E-state index < -0.39 is 8.96 Å². The Hall–Kier alpha value is 0.177. The Morgan fingerprint density at radius 3 is 1.25 bits per heavy atom. The lowest BCUT2D eigenvalue weighted by atomic mass is 10.5. The van der Waals surface area contributed by atoms with Crippen LogP contribution in [0.2, 0.25) is 11.1 Å². The molecule has 0 aliphatic carbocycles. The van der Waals surface area contributed by atoms with E-state index in [1.807, 2.05) is 0 Å². The lowest BCUT2D eigenvalue weighted by Crippen LogP contribution is -2.32. The molecule has 0 saturated heterocycles. The van der Waals surface area contributed by atoms with Crippen molar-refractivity contribution in [3.05, 3.63) is 0 Å². The average Bonchev–Trinajstić information content (AvgIpc) is 1.64. The fourth-order valence-corrected chi connectivity index (χ4v) is 2.31. The molecule has 0 saturated carbocycles. The normalized spacial score (nSPS) is 12.0. The molecule has 50 valence electrons. The van der Waals surface area contributed by atoms with Crippen LogP contribution in [0.1, 0.15) is 27.7 Å². The van der Waals surface area contributed by atoms with Crippen molar-refractivity contribution in [3.8, 4) is 0 Å². The Bertz CT molecular complexity index is 53.5. The van der Waals surface area contributed by atoms with Gasteiger partial charge in [0.25, 0.3) is 0 Å². The molecule has 0 fully saturated rings. The maximum Gasteiger partial charge on any atom is 0.111 e. The molecule has 0 unspecified atom stereocenters. The summed E-state index contributed by atoms with van der Waals surface area (Å²) in [5.41, 5.74) is 1.52. The highest BCUT2D eigenvalue weighted by molar-refractivity contribution is 6.58. The van der Waals surface area contributed by atoms with Crippen molar-refractivity contribution in [2.45, 2.75) is 38.8 Å². The molecule has 0 heterocycles. The van der Waals surface area contributed by atoms with E-state index >= 15 is 0 Å². The number of hydrogen-bond acceptors (Lipinski definition) is 1. The zero-order valence-corrected chi connectivity index (χ0v) is 7.46. The summed E-state index contributed by atoms with van der Waals surface area (Å²) in [7, 11) is -0.849. The van der Waals surface area contributed by atoms with E-state index in [4.69, 9.17) is 5.40 Å². The van der Waals surface area contributed by atoms with Gasteiger partial charge in [-0.3, -0.25) is 0 Å². The number of nitrogens with two attached hydrogens (primary N) is 1. The highest BCUT2D eigenvalue weighted by Gasteiger charge is 2.12. The van der Waals surface area contributed by atoms with Crippen LogP contribution < -0.4 is 5.40 Å². The van der Waals surface area contributed by atoms with Crippen molar-refractivity contribution in [3.63, 3.8) is 0 Å². The molecule has 0 aromatic carbocycles. The van der Waals surface area contributed by atoms with E-state index in [2.05, 4.69) is 27.7 Å². The van der Waals surface area contributed by atoms with Crippen LogP contribution in [0.15, 0.2) is 0 Å². The molecular weight excluding hydrogens is 114 g/mol. The molecule has 8 heavy (non-hydrogen) atoms. The van der Waals surface area contributed by atoms with Gasteiger partial charge < -0.3 is 5.40 Å². The van der Waals surface area contributed by atoms with Crippen molar-refractivity contribution < 1.29 is 0 Å². The standard InChI is InChI=1S/C6H17NSi/c1-5(2)8(7)6(3)4/h5-6,8H,7H2,1-4H3. The summed E-state index contributed by atoms with van der Waals surface area (Å²) in [5, 5.41) is 5.90. The lowest BCUT2D eigenvalue weighted by Gasteiger charge is -2.16. The SMILES string of the molecule is CC(C)[SiH](N)C(C)C. The monoisotopic (exact) mass is 131 g/mol. The van der Waals surface area contributed by atoms with E-state index in [1.165, 1.54) is 0 Å². The molecule has 0 aliphatic heterocycles. The first-order chi connectivity index (χ1) is 3.55. The van der Waals surface area contributed by atoms with Crippen LogP contribution in [-0.2, 0) is 0 Å². The van der Waals surface area contributed by atoms with Gasteiger partial charge in [-0.05, 0) is 11.1 Å². The van der Waals surface area contributed by atoms with Crippen molar-refractivity contribution in [2.24, 2.45) is 5.40 Å². The molecule has 0 aromatic rings. The third-order valence-corrected chi connectivity index (χ3v) is 4.62. The minimum atomic E-state index is -0.849. The molecule has 2 N–H and O–H groups in total. The molecule has 0 spiro atoms. The summed E-state index contributed by atoms with van der Waals surface area (Å²) in [5.74, 6) is 0. The second-order valence-corrected chi connectivity index (χ2v) is 6.89. The molecule has 0 radical (unpaired) electrons. The Morgan fingerprint density at radius 1 is 1.00 bits per heavy atom. The van der Waals surface area contributed by atoms with E-state index in [-0.39, 0.29) is 0 Å². The second-order valence-electron chi connectivity index (χ2n) is 3.07. The third-order valence-electron chi connectivity index (χ3n) is 1.54. The van der Waals surface area contributed by atoms with Gasteiger partial charge >= 0.3 is 0 Å².